The molecule has 6 heteroatoms. The summed E-state index contributed by atoms with van der Waals surface area (Å²) in [6.45, 7) is 2.04. The molecule has 4 nitrogen and oxygen atoms in total. The van der Waals surface area contributed by atoms with Crippen LogP contribution in [-0.2, 0) is 0 Å². The Morgan fingerprint density at radius 1 is 1.07 bits per heavy atom. The van der Waals surface area contributed by atoms with Gasteiger partial charge in [-0.1, -0.05) is 35.3 Å². The van der Waals surface area contributed by atoms with Crippen molar-refractivity contribution in [1.29, 1.82) is 5.26 Å². The number of hydrogen-bond donors (Lipinski definition) is 2. The summed E-state index contributed by atoms with van der Waals surface area (Å²) < 4.78 is 0. The Labute approximate surface area is 166 Å². The smallest absolute Gasteiger partial charge is 0.103 e. The Balaban J connectivity index is 1.90. The number of nitriles is 1. The monoisotopic (exact) mass is 392 g/mol. The van der Waals surface area contributed by atoms with Crippen LogP contribution in [0.2, 0.25) is 10.0 Å². The maximum absolute atomic E-state index is 9.61. The molecule has 0 bridgehead atoms. The van der Waals surface area contributed by atoms with Gasteiger partial charge in [-0.25, -0.2) is 0 Å². The van der Waals surface area contributed by atoms with Gasteiger partial charge < -0.3 is 10.3 Å². The van der Waals surface area contributed by atoms with E-state index < -0.39 is 0 Å². The van der Waals surface area contributed by atoms with Crippen molar-refractivity contribution in [2.24, 2.45) is 0 Å². The molecule has 0 saturated heterocycles. The molecule has 0 aliphatic carbocycles. The highest BCUT2D eigenvalue weighted by molar-refractivity contribution is 6.43. The maximum atomic E-state index is 9.61. The quantitative estimate of drug-likeness (QED) is 0.420. The summed E-state index contributed by atoms with van der Waals surface area (Å²) in [4.78, 5) is 7.40. The van der Waals surface area contributed by atoms with E-state index in [9.17, 15) is 5.26 Å². The molecule has 2 heterocycles. The lowest BCUT2D eigenvalue weighted by Crippen LogP contribution is -2.00. The minimum atomic E-state index is 0.428. The molecule has 27 heavy (non-hydrogen) atoms. The van der Waals surface area contributed by atoms with Crippen molar-refractivity contribution >= 4 is 45.5 Å². The molecule has 0 saturated carbocycles. The third-order valence-electron chi connectivity index (χ3n) is 4.57. The van der Waals surface area contributed by atoms with Crippen molar-refractivity contribution < 1.29 is 0 Å². The number of nitrogens with zero attached hydrogens (tertiary/aromatic N) is 2. The van der Waals surface area contributed by atoms with Crippen LogP contribution in [0.3, 0.4) is 0 Å². The number of aryl methyl sites for hydroxylation is 1. The molecule has 0 radical (unpaired) electrons. The fraction of sp³-hybridized carbons (Fsp3) is 0.0476. The van der Waals surface area contributed by atoms with Crippen LogP contribution >= 0.6 is 23.2 Å². The van der Waals surface area contributed by atoms with E-state index in [1.165, 1.54) is 6.20 Å². The van der Waals surface area contributed by atoms with Gasteiger partial charge in [-0.05, 0) is 36.8 Å². The summed E-state index contributed by atoms with van der Waals surface area (Å²) in [6, 6.07) is 13.6. The molecular formula is C21H14Cl2N4. The molecule has 2 aromatic carbocycles. The fourth-order valence-electron chi connectivity index (χ4n) is 3.15. The van der Waals surface area contributed by atoms with Crippen molar-refractivity contribution in [3.63, 3.8) is 0 Å². The molecule has 0 aliphatic heterocycles. The van der Waals surface area contributed by atoms with E-state index in [0.717, 1.165) is 33.3 Å². The lowest BCUT2D eigenvalue weighted by Gasteiger charge is -2.16. The van der Waals surface area contributed by atoms with Crippen LogP contribution in [0.25, 0.3) is 22.0 Å². The molecule has 4 rings (SSSR count). The molecular weight excluding hydrogens is 379 g/mol. The first-order chi connectivity index (χ1) is 13.1. The third-order valence-corrected chi connectivity index (χ3v) is 5.39. The zero-order valence-corrected chi connectivity index (χ0v) is 15.9. The molecule has 2 aromatic heterocycles. The number of aromatic nitrogens is 2. The van der Waals surface area contributed by atoms with Crippen LogP contribution in [0.5, 0.6) is 0 Å². The largest absolute Gasteiger partial charge is 0.361 e. The maximum Gasteiger partial charge on any atom is 0.103 e. The summed E-state index contributed by atoms with van der Waals surface area (Å²) in [5, 5.41) is 15.0. The Kier molecular flexibility index (Phi) is 4.49. The minimum Gasteiger partial charge on any atom is -0.361 e. The normalized spacial score (nSPS) is 10.7. The Morgan fingerprint density at radius 3 is 2.74 bits per heavy atom. The van der Waals surface area contributed by atoms with Crippen molar-refractivity contribution in [2.45, 2.75) is 6.92 Å². The molecule has 0 amide bonds. The van der Waals surface area contributed by atoms with Crippen LogP contribution in [0.1, 0.15) is 11.1 Å². The number of nitrogens with one attached hydrogen (secondary N) is 2. The fourth-order valence-corrected chi connectivity index (χ4v) is 3.55. The molecule has 132 valence electrons. The number of halogens is 2. The highest BCUT2D eigenvalue weighted by Gasteiger charge is 2.16. The summed E-state index contributed by atoms with van der Waals surface area (Å²) >= 11 is 12.6. The van der Waals surface area contributed by atoms with Crippen LogP contribution in [0.4, 0.5) is 11.4 Å². The van der Waals surface area contributed by atoms with Gasteiger partial charge in [-0.3, -0.25) is 4.98 Å². The zero-order valence-electron chi connectivity index (χ0n) is 14.3. The van der Waals surface area contributed by atoms with E-state index in [-0.39, 0.29) is 0 Å². The highest BCUT2D eigenvalue weighted by Crippen LogP contribution is 2.39. The predicted molar refractivity (Wildman–Crippen MR) is 111 cm³/mol. The first kappa shape index (κ1) is 17.4. The molecule has 2 N–H and O–H groups in total. The van der Waals surface area contributed by atoms with E-state index in [1.807, 2.05) is 43.5 Å². The van der Waals surface area contributed by atoms with Crippen molar-refractivity contribution in [2.75, 3.05) is 5.32 Å². The van der Waals surface area contributed by atoms with E-state index in [2.05, 4.69) is 21.4 Å². The average molecular weight is 393 g/mol. The van der Waals surface area contributed by atoms with E-state index >= 15 is 0 Å². The van der Waals surface area contributed by atoms with Gasteiger partial charge in [0.1, 0.15) is 6.07 Å². The second kappa shape index (κ2) is 6.96. The van der Waals surface area contributed by atoms with Gasteiger partial charge in [-0.2, -0.15) is 5.26 Å². The topological polar surface area (TPSA) is 64.5 Å². The Bertz CT molecular complexity index is 1200. The van der Waals surface area contributed by atoms with Crippen LogP contribution in [-0.4, -0.2) is 9.97 Å². The van der Waals surface area contributed by atoms with E-state index in [4.69, 9.17) is 23.2 Å². The van der Waals surface area contributed by atoms with Gasteiger partial charge in [-0.15, -0.1) is 0 Å². The number of benzene rings is 2. The molecule has 0 fully saturated rings. The number of fused-ring (bicyclic) bond motifs is 1. The molecule has 0 atom stereocenters. The molecule has 0 aliphatic rings. The summed E-state index contributed by atoms with van der Waals surface area (Å²) in [5.74, 6) is 0. The van der Waals surface area contributed by atoms with Gasteiger partial charge >= 0.3 is 0 Å². The second-order valence-corrected chi connectivity index (χ2v) is 6.91. The highest BCUT2D eigenvalue weighted by atomic mass is 35.5. The Morgan fingerprint density at radius 2 is 1.93 bits per heavy atom. The second-order valence-electron chi connectivity index (χ2n) is 6.12. The lowest BCUT2D eigenvalue weighted by atomic mass is 10.0. The number of pyridine rings is 1. The first-order valence-electron chi connectivity index (χ1n) is 8.26. The van der Waals surface area contributed by atoms with E-state index in [1.54, 1.807) is 12.3 Å². The van der Waals surface area contributed by atoms with Gasteiger partial charge in [0.05, 0.1) is 21.3 Å². The van der Waals surface area contributed by atoms with Crippen molar-refractivity contribution in [3.8, 4) is 17.2 Å². The average Bonchev–Trinajstić information content (AvgIpc) is 3.16. The predicted octanol–water partition coefficient (Wildman–Crippen LogP) is 6.46. The number of anilines is 2. The van der Waals surface area contributed by atoms with Gasteiger partial charge in [0, 0.05) is 46.3 Å². The number of hydrogen-bond acceptors (Lipinski definition) is 3. The first-order valence-corrected chi connectivity index (χ1v) is 9.02. The SMILES string of the molecule is Cc1c(Nc2c(C#N)cncc2-c2cccc(Cl)c2Cl)ccc2[nH]ccc12. The minimum absolute atomic E-state index is 0.428. The Hall–Kier alpha value is -3.00. The van der Waals surface area contributed by atoms with Crippen molar-refractivity contribution in [3.05, 3.63) is 76.2 Å². The number of H-pyrrole nitrogens is 1. The number of rotatable bonds is 3. The molecule has 4 aromatic rings. The van der Waals surface area contributed by atoms with Gasteiger partial charge in [0.25, 0.3) is 0 Å². The summed E-state index contributed by atoms with van der Waals surface area (Å²) in [7, 11) is 0. The molecule has 0 spiro atoms. The van der Waals surface area contributed by atoms with E-state index in [0.29, 0.717) is 21.3 Å². The van der Waals surface area contributed by atoms with Crippen LogP contribution in [0.15, 0.2) is 55.0 Å². The lowest BCUT2D eigenvalue weighted by molar-refractivity contribution is 1.29. The van der Waals surface area contributed by atoms with Crippen LogP contribution < -0.4 is 5.32 Å². The van der Waals surface area contributed by atoms with Gasteiger partial charge in [0.15, 0.2) is 0 Å². The summed E-state index contributed by atoms with van der Waals surface area (Å²) in [6.07, 6.45) is 5.13. The van der Waals surface area contributed by atoms with Gasteiger partial charge in [0.2, 0.25) is 0 Å². The number of aromatic amines is 1. The standard InChI is InChI=1S/C21H14Cl2N4/c1-12-14-7-8-26-19(14)6-5-18(12)27-21-13(9-24)10-25-11-16(21)15-3-2-4-17(22)20(15)23/h2-8,10-11,26H,1H3,(H,25,27). The molecule has 0 unspecified atom stereocenters. The zero-order chi connectivity index (χ0) is 19.0. The summed E-state index contributed by atoms with van der Waals surface area (Å²) in [5.41, 5.74) is 5.56. The van der Waals surface area contributed by atoms with Crippen molar-refractivity contribution in [1.82, 2.24) is 9.97 Å². The third kappa shape index (κ3) is 3.02. The van der Waals surface area contributed by atoms with Crippen LogP contribution in [0, 0.1) is 18.3 Å².